The van der Waals surface area contributed by atoms with E-state index in [1.165, 1.54) is 64.2 Å². The Morgan fingerprint density at radius 2 is 0.762 bits per heavy atom. The fourth-order valence-corrected chi connectivity index (χ4v) is 4.99. The predicted molar refractivity (Wildman–Crippen MR) is 171 cm³/mol. The van der Waals surface area contributed by atoms with Crippen LogP contribution in [0.5, 0.6) is 0 Å². The van der Waals surface area contributed by atoms with E-state index < -0.39 is 11.9 Å². The molecule has 0 bridgehead atoms. The third kappa shape index (κ3) is 16.7. The second-order valence-corrected chi connectivity index (χ2v) is 10.7. The van der Waals surface area contributed by atoms with E-state index in [0.29, 0.717) is 0 Å². The molecule has 1 aromatic carbocycles. The van der Waals surface area contributed by atoms with Crippen LogP contribution in [-0.4, -0.2) is 54.6 Å². The van der Waals surface area contributed by atoms with Crippen molar-refractivity contribution in [2.24, 2.45) is 0 Å². The number of benzene rings is 1. The number of hydrogen-bond acceptors (Lipinski definition) is 6. The van der Waals surface area contributed by atoms with Crippen LogP contribution < -0.4 is 0 Å². The largest absolute Gasteiger partial charge is 0.331 e. The molecular weight excluding hydrogens is 528 g/mol. The molecule has 0 saturated carbocycles. The maximum Gasteiger partial charge on any atom is 0.282 e. The Labute approximate surface area is 257 Å². The van der Waals surface area contributed by atoms with Gasteiger partial charge >= 0.3 is 0 Å². The number of rotatable bonds is 24. The normalized spacial score (nSPS) is 11.6. The van der Waals surface area contributed by atoms with Gasteiger partial charge in [0.15, 0.2) is 0 Å². The lowest BCUT2D eigenvalue weighted by Gasteiger charge is -2.28. The molecule has 0 fully saturated rings. The molecule has 0 aliphatic rings. The van der Waals surface area contributed by atoms with Crippen molar-refractivity contribution < 1.29 is 28.4 Å². The van der Waals surface area contributed by atoms with E-state index >= 15 is 0 Å². The van der Waals surface area contributed by atoms with E-state index in [2.05, 4.69) is 47.9 Å². The Morgan fingerprint density at radius 1 is 0.452 bits per heavy atom. The van der Waals surface area contributed by atoms with Crippen LogP contribution in [0, 0.1) is 23.7 Å². The average molecular weight is 587 g/mol. The third-order valence-corrected chi connectivity index (χ3v) is 7.76. The first kappa shape index (κ1) is 38.1. The predicted octanol–water partition coefficient (Wildman–Crippen LogP) is 8.60. The van der Waals surface area contributed by atoms with Crippen molar-refractivity contribution in [3.63, 3.8) is 0 Å². The van der Waals surface area contributed by atoms with Crippen LogP contribution in [-0.2, 0) is 28.4 Å². The number of unbranched alkanes of at least 4 members (excludes halogenated alkanes) is 14. The molecule has 0 spiro atoms. The zero-order valence-corrected chi connectivity index (χ0v) is 27.5. The smallest absolute Gasteiger partial charge is 0.282 e. The molecule has 0 N–H and O–H groups in total. The average Bonchev–Trinajstić information content (AvgIpc) is 3.03. The maximum absolute atomic E-state index is 5.34. The fraction of sp³-hybridized carbons (Fsp3) is 0.722. The van der Waals surface area contributed by atoms with Crippen LogP contribution in [0.1, 0.15) is 127 Å². The van der Waals surface area contributed by atoms with Gasteiger partial charge in [-0.1, -0.05) is 94.0 Å². The number of hydrogen-bond donors (Lipinski definition) is 0. The summed E-state index contributed by atoms with van der Waals surface area (Å²) in [6, 6.07) is 8.31. The zero-order chi connectivity index (χ0) is 30.8. The Balaban J connectivity index is 2.11. The Morgan fingerprint density at radius 3 is 1.10 bits per heavy atom. The molecule has 0 aliphatic carbocycles. The molecule has 0 heterocycles. The Kier molecular flexibility index (Phi) is 22.3. The molecule has 6 heteroatoms. The van der Waals surface area contributed by atoms with Crippen LogP contribution in [0.15, 0.2) is 24.3 Å². The van der Waals surface area contributed by atoms with Gasteiger partial charge < -0.3 is 28.4 Å². The monoisotopic (exact) mass is 586 g/mol. The molecule has 0 radical (unpaired) electrons. The first-order valence-corrected chi connectivity index (χ1v) is 15.9. The maximum atomic E-state index is 5.34. The molecule has 238 valence electrons. The first-order valence-electron chi connectivity index (χ1n) is 15.9. The van der Waals surface area contributed by atoms with Gasteiger partial charge in [0.1, 0.15) is 0 Å². The van der Waals surface area contributed by atoms with Gasteiger partial charge in [0.2, 0.25) is 0 Å². The van der Waals surface area contributed by atoms with Gasteiger partial charge in [0.25, 0.3) is 11.9 Å². The topological polar surface area (TPSA) is 55.4 Å². The van der Waals surface area contributed by atoms with E-state index in [9.17, 15) is 0 Å². The first-order chi connectivity index (χ1) is 20.5. The van der Waals surface area contributed by atoms with Crippen molar-refractivity contribution in [1.29, 1.82) is 0 Å². The third-order valence-electron chi connectivity index (χ3n) is 7.76. The summed E-state index contributed by atoms with van der Waals surface area (Å²) >= 11 is 0. The van der Waals surface area contributed by atoms with Gasteiger partial charge in [-0.05, 0) is 43.9 Å². The second-order valence-electron chi connectivity index (χ2n) is 10.7. The molecule has 0 aromatic heterocycles. The molecule has 1 aromatic rings. The summed E-state index contributed by atoms with van der Waals surface area (Å²) in [6.45, 7) is 0. The van der Waals surface area contributed by atoms with Crippen molar-refractivity contribution in [3.05, 3.63) is 35.4 Å². The van der Waals surface area contributed by atoms with Crippen molar-refractivity contribution in [1.82, 2.24) is 0 Å². The molecule has 0 atom stereocenters. The number of ether oxygens (including phenoxy) is 6. The fourth-order valence-electron chi connectivity index (χ4n) is 4.99. The Bertz CT molecular complexity index is 826. The van der Waals surface area contributed by atoms with Crippen LogP contribution in [0.3, 0.4) is 0 Å². The summed E-state index contributed by atoms with van der Waals surface area (Å²) in [6.07, 6.45) is 20.1. The summed E-state index contributed by atoms with van der Waals surface area (Å²) in [5.41, 5.74) is 2.11. The highest BCUT2D eigenvalue weighted by atomic mass is 16.9. The minimum atomic E-state index is -0.888. The van der Waals surface area contributed by atoms with Crippen molar-refractivity contribution in [3.8, 4) is 23.7 Å². The summed E-state index contributed by atoms with van der Waals surface area (Å²) in [5.74, 6) is 11.5. The van der Waals surface area contributed by atoms with E-state index in [-0.39, 0.29) is 0 Å². The van der Waals surface area contributed by atoms with E-state index in [4.69, 9.17) is 28.4 Å². The van der Waals surface area contributed by atoms with Crippen molar-refractivity contribution in [2.75, 3.05) is 42.7 Å². The summed E-state index contributed by atoms with van der Waals surface area (Å²) in [5, 5.41) is 0. The zero-order valence-electron chi connectivity index (χ0n) is 27.5. The van der Waals surface area contributed by atoms with Gasteiger partial charge in [-0.25, -0.2) is 0 Å². The molecule has 0 aliphatic heterocycles. The minimum absolute atomic E-state index is 0.753. The standard InChI is InChI=1S/C36H58O6/c1-37-35(38-2,39-3)30-23-19-15-11-7-9-13-17-21-26-33-28-25-29-34(32-33)27-22-18-14-10-8-12-16-20-24-31-36(40-4,41-5)42-6/h25,28-29,32H,7-20,23-24,30-31H2,1-6H3. The molecule has 6 nitrogen and oxygen atoms in total. The van der Waals surface area contributed by atoms with Crippen LogP contribution in [0.4, 0.5) is 0 Å². The highest BCUT2D eigenvalue weighted by Gasteiger charge is 2.29. The van der Waals surface area contributed by atoms with Crippen LogP contribution >= 0.6 is 0 Å². The molecule has 0 saturated heterocycles. The van der Waals surface area contributed by atoms with E-state index in [0.717, 1.165) is 62.5 Å². The SMILES string of the molecule is COC(CCCCCCCCCC#Cc1cccc(C#CCCCCCCCCCC(OC)(OC)OC)c1)(OC)OC. The van der Waals surface area contributed by atoms with Gasteiger partial charge in [-0.15, -0.1) is 0 Å². The van der Waals surface area contributed by atoms with Gasteiger partial charge in [0, 0.05) is 79.5 Å². The summed E-state index contributed by atoms with van der Waals surface area (Å²) in [4.78, 5) is 0. The minimum Gasteiger partial charge on any atom is -0.331 e. The molecule has 0 amide bonds. The molecule has 0 unspecified atom stereocenters. The quantitative estimate of drug-likeness (QED) is 0.0687. The highest BCUT2D eigenvalue weighted by molar-refractivity contribution is 5.43. The van der Waals surface area contributed by atoms with Crippen LogP contribution in [0.2, 0.25) is 0 Å². The lowest BCUT2D eigenvalue weighted by Crippen LogP contribution is -2.35. The number of methoxy groups -OCH3 is 6. The lowest BCUT2D eigenvalue weighted by molar-refractivity contribution is -0.355. The lowest BCUT2D eigenvalue weighted by atomic mass is 10.1. The summed E-state index contributed by atoms with van der Waals surface area (Å²) < 4.78 is 32.1. The molecule has 42 heavy (non-hydrogen) atoms. The summed E-state index contributed by atoms with van der Waals surface area (Å²) in [7, 11) is 9.73. The molecule has 1 rings (SSSR count). The van der Waals surface area contributed by atoms with E-state index in [1.54, 1.807) is 42.7 Å². The van der Waals surface area contributed by atoms with Gasteiger partial charge in [-0.2, -0.15) is 0 Å². The highest BCUT2D eigenvalue weighted by Crippen LogP contribution is 2.22. The second kappa shape index (κ2) is 24.5. The van der Waals surface area contributed by atoms with Gasteiger partial charge in [0.05, 0.1) is 0 Å². The van der Waals surface area contributed by atoms with Crippen molar-refractivity contribution in [2.45, 2.75) is 128 Å². The van der Waals surface area contributed by atoms with E-state index in [1.807, 2.05) is 0 Å². The van der Waals surface area contributed by atoms with Gasteiger partial charge in [-0.3, -0.25) is 0 Å². The van der Waals surface area contributed by atoms with Crippen LogP contribution in [0.25, 0.3) is 0 Å². The molecular formula is C36H58O6. The van der Waals surface area contributed by atoms with Crippen molar-refractivity contribution >= 4 is 0 Å². The Hall–Kier alpha value is -1.90.